The van der Waals surface area contributed by atoms with E-state index in [1.165, 1.54) is 11.3 Å². The number of carbonyl (C=O) groups excluding carboxylic acids is 1. The Morgan fingerprint density at radius 1 is 1.13 bits per heavy atom. The fourth-order valence-corrected chi connectivity index (χ4v) is 2.95. The minimum absolute atomic E-state index is 0.113. The van der Waals surface area contributed by atoms with Crippen LogP contribution in [0.3, 0.4) is 0 Å². The van der Waals surface area contributed by atoms with Crippen molar-refractivity contribution in [2.75, 3.05) is 51.2 Å². The molecule has 0 saturated carbocycles. The maximum Gasteiger partial charge on any atom is 0.149 e. The first-order chi connectivity index (χ1) is 11.0. The van der Waals surface area contributed by atoms with Crippen LogP contribution in [0.4, 0.5) is 5.69 Å². The predicted octanol–water partition coefficient (Wildman–Crippen LogP) is 2.49. The van der Waals surface area contributed by atoms with Crippen molar-refractivity contribution in [1.82, 2.24) is 9.80 Å². The van der Waals surface area contributed by atoms with Gasteiger partial charge in [0.05, 0.1) is 6.54 Å². The van der Waals surface area contributed by atoms with Crippen LogP contribution in [0, 0.1) is 5.92 Å². The van der Waals surface area contributed by atoms with Gasteiger partial charge in [0.2, 0.25) is 0 Å². The Labute approximate surface area is 141 Å². The number of anilines is 1. The van der Waals surface area contributed by atoms with Crippen molar-refractivity contribution in [1.29, 1.82) is 0 Å². The summed E-state index contributed by atoms with van der Waals surface area (Å²) in [5.41, 5.74) is 2.57. The van der Waals surface area contributed by atoms with Gasteiger partial charge in [-0.1, -0.05) is 32.9 Å². The molecule has 2 rings (SSSR count). The zero-order valence-corrected chi connectivity index (χ0v) is 15.1. The molecule has 4 nitrogen and oxygen atoms in total. The molecule has 0 aromatic heterocycles. The summed E-state index contributed by atoms with van der Waals surface area (Å²) in [5, 5.41) is 0. The summed E-state index contributed by atoms with van der Waals surface area (Å²) in [5.74, 6) is 0.416. The fourth-order valence-electron chi connectivity index (χ4n) is 2.95. The number of carbonyl (C=O) groups is 1. The number of piperazine rings is 1. The number of ketones is 1. The van der Waals surface area contributed by atoms with Crippen molar-refractivity contribution in [2.45, 2.75) is 27.3 Å². The monoisotopic (exact) mass is 317 g/mol. The quantitative estimate of drug-likeness (QED) is 0.772. The van der Waals surface area contributed by atoms with Crippen molar-refractivity contribution < 1.29 is 4.79 Å². The zero-order valence-electron chi connectivity index (χ0n) is 15.1. The number of Topliss-reactive ketones (excluding diaryl/α,β-unsaturated/α-hetero) is 1. The van der Waals surface area contributed by atoms with Gasteiger partial charge >= 0.3 is 0 Å². The Morgan fingerprint density at radius 3 is 2.26 bits per heavy atom. The molecule has 1 aliphatic rings. The summed E-state index contributed by atoms with van der Waals surface area (Å²) in [6, 6.07) is 8.82. The van der Waals surface area contributed by atoms with Gasteiger partial charge in [0.25, 0.3) is 0 Å². The van der Waals surface area contributed by atoms with Crippen molar-refractivity contribution >= 4 is 11.5 Å². The average molecular weight is 317 g/mol. The van der Waals surface area contributed by atoms with Crippen molar-refractivity contribution in [3.05, 3.63) is 29.8 Å². The number of benzene rings is 1. The van der Waals surface area contributed by atoms with Crippen molar-refractivity contribution in [2.24, 2.45) is 5.92 Å². The van der Waals surface area contributed by atoms with Gasteiger partial charge in [0.1, 0.15) is 5.78 Å². The standard InChI is InChI=1S/C19H31N3O/c1-5-21-10-12-22(13-11-21)18-8-6-17(7-9-18)14-20(4)15-19(23)16(2)3/h6-9,16H,5,10-15H2,1-4H3. The number of hydrogen-bond donors (Lipinski definition) is 0. The third-order valence-corrected chi connectivity index (χ3v) is 4.64. The lowest BCUT2D eigenvalue weighted by molar-refractivity contribution is -0.122. The Balaban J connectivity index is 1.86. The predicted molar refractivity (Wildman–Crippen MR) is 96.9 cm³/mol. The van der Waals surface area contributed by atoms with Gasteiger partial charge in [0.15, 0.2) is 0 Å². The Morgan fingerprint density at radius 2 is 1.74 bits per heavy atom. The normalized spacial score (nSPS) is 16.3. The maximum absolute atomic E-state index is 11.8. The topological polar surface area (TPSA) is 26.8 Å². The molecule has 0 aliphatic carbocycles. The Hall–Kier alpha value is -1.39. The van der Waals surface area contributed by atoms with Crippen LogP contribution in [0.5, 0.6) is 0 Å². The van der Waals surface area contributed by atoms with Crippen molar-refractivity contribution in [3.63, 3.8) is 0 Å². The highest BCUT2D eigenvalue weighted by atomic mass is 16.1. The third-order valence-electron chi connectivity index (χ3n) is 4.64. The van der Waals surface area contributed by atoms with Gasteiger partial charge in [-0.3, -0.25) is 9.69 Å². The molecule has 1 fully saturated rings. The number of hydrogen-bond acceptors (Lipinski definition) is 4. The molecule has 1 aromatic rings. The maximum atomic E-state index is 11.8. The summed E-state index contributed by atoms with van der Waals surface area (Å²) < 4.78 is 0. The van der Waals surface area contributed by atoms with Crippen molar-refractivity contribution in [3.8, 4) is 0 Å². The van der Waals surface area contributed by atoms with Crippen LogP contribution in [0.2, 0.25) is 0 Å². The smallest absolute Gasteiger partial charge is 0.149 e. The van der Waals surface area contributed by atoms with E-state index >= 15 is 0 Å². The first-order valence-electron chi connectivity index (χ1n) is 8.77. The first kappa shape index (κ1) is 18.0. The molecular weight excluding hydrogens is 286 g/mol. The molecule has 23 heavy (non-hydrogen) atoms. The molecule has 1 aromatic carbocycles. The van der Waals surface area contributed by atoms with Gasteiger partial charge in [-0.25, -0.2) is 0 Å². The molecule has 0 unspecified atom stereocenters. The average Bonchev–Trinajstić information content (AvgIpc) is 2.55. The summed E-state index contributed by atoms with van der Waals surface area (Å²) >= 11 is 0. The molecule has 0 bridgehead atoms. The molecule has 1 aliphatic heterocycles. The molecule has 0 radical (unpaired) electrons. The van der Waals surface area contributed by atoms with Gasteiger partial charge in [0, 0.05) is 44.3 Å². The van der Waals surface area contributed by atoms with E-state index in [0.29, 0.717) is 12.3 Å². The molecule has 128 valence electrons. The zero-order chi connectivity index (χ0) is 16.8. The van der Waals surface area contributed by atoms with Crippen LogP contribution in [0.15, 0.2) is 24.3 Å². The Bertz CT molecular complexity index is 490. The van der Waals surface area contributed by atoms with Crippen LogP contribution in [0.25, 0.3) is 0 Å². The Kier molecular flexibility index (Phi) is 6.60. The van der Waals surface area contributed by atoms with E-state index in [0.717, 1.165) is 39.3 Å². The van der Waals surface area contributed by atoms with E-state index in [9.17, 15) is 4.79 Å². The first-order valence-corrected chi connectivity index (χ1v) is 8.77. The lowest BCUT2D eigenvalue weighted by atomic mass is 10.1. The summed E-state index contributed by atoms with van der Waals surface area (Å²) in [4.78, 5) is 18.8. The van der Waals surface area contributed by atoms with E-state index in [4.69, 9.17) is 0 Å². The third kappa shape index (κ3) is 5.33. The second-order valence-electron chi connectivity index (χ2n) is 6.88. The van der Waals surface area contributed by atoms with Gasteiger partial charge < -0.3 is 9.80 Å². The second-order valence-corrected chi connectivity index (χ2v) is 6.88. The lowest BCUT2D eigenvalue weighted by Crippen LogP contribution is -2.46. The van der Waals surface area contributed by atoms with E-state index in [1.807, 2.05) is 20.9 Å². The van der Waals surface area contributed by atoms with Gasteiger partial charge in [-0.15, -0.1) is 0 Å². The van der Waals surface area contributed by atoms with E-state index in [2.05, 4.69) is 45.9 Å². The molecule has 1 saturated heterocycles. The molecular formula is C19H31N3O. The molecule has 0 spiro atoms. The number of rotatable bonds is 7. The highest BCUT2D eigenvalue weighted by Crippen LogP contribution is 2.18. The molecule has 4 heteroatoms. The van der Waals surface area contributed by atoms with Gasteiger partial charge in [-0.05, 0) is 31.3 Å². The molecule has 0 atom stereocenters. The second kappa shape index (κ2) is 8.46. The summed E-state index contributed by atoms with van der Waals surface area (Å²) in [7, 11) is 2.01. The SMILES string of the molecule is CCN1CCN(c2ccc(CN(C)CC(=O)C(C)C)cc2)CC1. The van der Waals surface area contributed by atoms with Crippen LogP contribution in [-0.4, -0.2) is 61.9 Å². The highest BCUT2D eigenvalue weighted by Gasteiger charge is 2.16. The van der Waals surface area contributed by atoms with E-state index in [-0.39, 0.29) is 5.92 Å². The summed E-state index contributed by atoms with van der Waals surface area (Å²) in [6.07, 6.45) is 0. The van der Waals surface area contributed by atoms with Crippen LogP contribution in [-0.2, 0) is 11.3 Å². The van der Waals surface area contributed by atoms with Gasteiger partial charge in [-0.2, -0.15) is 0 Å². The van der Waals surface area contributed by atoms with E-state index in [1.54, 1.807) is 0 Å². The molecule has 1 heterocycles. The molecule has 0 N–H and O–H groups in total. The van der Waals surface area contributed by atoms with Crippen LogP contribution >= 0.6 is 0 Å². The fraction of sp³-hybridized carbons (Fsp3) is 0.632. The number of likely N-dealkylation sites (N-methyl/N-ethyl adjacent to an activating group) is 2. The van der Waals surface area contributed by atoms with E-state index < -0.39 is 0 Å². The lowest BCUT2D eigenvalue weighted by Gasteiger charge is -2.35. The van der Waals surface area contributed by atoms with Crippen LogP contribution < -0.4 is 4.90 Å². The minimum Gasteiger partial charge on any atom is -0.369 e. The number of nitrogens with zero attached hydrogens (tertiary/aromatic N) is 3. The minimum atomic E-state index is 0.113. The largest absolute Gasteiger partial charge is 0.369 e. The summed E-state index contributed by atoms with van der Waals surface area (Å²) in [6.45, 7) is 13.2. The highest BCUT2D eigenvalue weighted by molar-refractivity contribution is 5.82. The molecule has 0 amide bonds. The van der Waals surface area contributed by atoms with Crippen LogP contribution in [0.1, 0.15) is 26.3 Å².